The van der Waals surface area contributed by atoms with Crippen molar-refractivity contribution in [1.29, 1.82) is 0 Å². The molecule has 124 valence electrons. The van der Waals surface area contributed by atoms with E-state index in [9.17, 15) is 0 Å². The van der Waals surface area contributed by atoms with Crippen LogP contribution in [0.25, 0.3) is 5.52 Å². The zero-order chi connectivity index (χ0) is 15.9. The molecule has 0 radical (unpaired) electrons. The summed E-state index contributed by atoms with van der Waals surface area (Å²) in [6, 6.07) is 4.31. The predicted molar refractivity (Wildman–Crippen MR) is 91.7 cm³/mol. The van der Waals surface area contributed by atoms with Crippen LogP contribution >= 0.6 is 0 Å². The first-order valence-corrected chi connectivity index (χ1v) is 8.60. The van der Waals surface area contributed by atoms with Gasteiger partial charge in [0.1, 0.15) is 18.8 Å². The van der Waals surface area contributed by atoms with Crippen molar-refractivity contribution in [3.8, 4) is 0 Å². The van der Waals surface area contributed by atoms with Gasteiger partial charge in [-0.05, 0) is 30.9 Å². The van der Waals surface area contributed by atoms with Crippen LogP contribution in [0.15, 0.2) is 12.1 Å². The van der Waals surface area contributed by atoms with E-state index in [-0.39, 0.29) is 0 Å². The topological polar surface area (TPSA) is 64.6 Å². The van der Waals surface area contributed by atoms with Crippen LogP contribution in [0.4, 0.5) is 11.5 Å². The minimum absolute atomic E-state index is 0.768. The molecule has 0 unspecified atom stereocenters. The molecule has 23 heavy (non-hydrogen) atoms. The van der Waals surface area contributed by atoms with Gasteiger partial charge in [-0.3, -0.25) is 0 Å². The Morgan fingerprint density at radius 2 is 2.13 bits per heavy atom. The summed E-state index contributed by atoms with van der Waals surface area (Å²) < 4.78 is 8.56. The molecule has 4 rings (SSSR count). The summed E-state index contributed by atoms with van der Waals surface area (Å²) in [5.41, 5.74) is 10.9. The Kier molecular flexibility index (Phi) is 3.66. The number of morpholine rings is 1. The molecule has 2 aliphatic rings. The van der Waals surface area contributed by atoms with Gasteiger partial charge in [0.05, 0.1) is 38.9 Å². The Bertz CT molecular complexity index is 717. The number of likely N-dealkylation sites (N-methyl/N-ethyl adjacent to an activating group) is 1. The van der Waals surface area contributed by atoms with E-state index in [0.29, 0.717) is 0 Å². The molecule has 3 N–H and O–H groups in total. The molecular formula is C17H26N5O+. The quantitative estimate of drug-likeness (QED) is 0.835. The molecular weight excluding hydrogens is 290 g/mol. The van der Waals surface area contributed by atoms with Crippen LogP contribution in [0, 0.1) is 0 Å². The number of hydrogen-bond donors (Lipinski definition) is 2. The van der Waals surface area contributed by atoms with Crippen LogP contribution < -0.4 is 11.1 Å². The van der Waals surface area contributed by atoms with Crippen molar-refractivity contribution in [3.05, 3.63) is 23.4 Å². The van der Waals surface area contributed by atoms with E-state index in [0.717, 1.165) is 73.7 Å². The highest BCUT2D eigenvalue weighted by Gasteiger charge is 2.25. The van der Waals surface area contributed by atoms with Crippen molar-refractivity contribution >= 4 is 17.0 Å². The first kappa shape index (κ1) is 14.8. The molecule has 2 aromatic heterocycles. The molecule has 0 aromatic carbocycles. The highest BCUT2D eigenvalue weighted by atomic mass is 16.5. The lowest BCUT2D eigenvalue weighted by atomic mass is 10.2. The first-order valence-electron chi connectivity index (χ1n) is 8.60. The number of anilines is 2. The Hall–Kier alpha value is -1.79. The Labute approximate surface area is 136 Å². The third kappa shape index (κ3) is 2.66. The van der Waals surface area contributed by atoms with Crippen molar-refractivity contribution in [2.75, 3.05) is 57.5 Å². The van der Waals surface area contributed by atoms with Crippen molar-refractivity contribution < 1.29 is 9.22 Å². The van der Waals surface area contributed by atoms with Gasteiger partial charge in [0, 0.05) is 5.69 Å². The summed E-state index contributed by atoms with van der Waals surface area (Å²) in [7, 11) is 2.30. The highest BCUT2D eigenvalue weighted by molar-refractivity contribution is 5.81. The van der Waals surface area contributed by atoms with Crippen molar-refractivity contribution in [3.63, 3.8) is 0 Å². The number of pyridine rings is 1. The summed E-state index contributed by atoms with van der Waals surface area (Å²) in [6.07, 6.45) is 3.47. The van der Waals surface area contributed by atoms with Crippen molar-refractivity contribution in [2.45, 2.75) is 19.3 Å². The van der Waals surface area contributed by atoms with Crippen LogP contribution in [0.5, 0.6) is 0 Å². The SMILES string of the molecule is C[N+]1(CCNc2nn3c4c(ccc3c2N)CCC4)CCOCC1. The lowest BCUT2D eigenvalue weighted by Crippen LogP contribution is -2.53. The number of aromatic nitrogens is 2. The first-order chi connectivity index (χ1) is 11.2. The molecule has 0 amide bonds. The molecule has 6 nitrogen and oxygen atoms in total. The summed E-state index contributed by atoms with van der Waals surface area (Å²) in [6.45, 7) is 5.82. The number of hydrogen-bond acceptors (Lipinski definition) is 4. The Morgan fingerprint density at radius 3 is 2.96 bits per heavy atom. The fraction of sp³-hybridized carbons (Fsp3) is 0.588. The number of rotatable bonds is 4. The van der Waals surface area contributed by atoms with Crippen LogP contribution in [0.1, 0.15) is 17.7 Å². The van der Waals surface area contributed by atoms with E-state index < -0.39 is 0 Å². The second kappa shape index (κ2) is 5.69. The Balaban J connectivity index is 1.50. The van der Waals surface area contributed by atoms with Gasteiger partial charge in [-0.2, -0.15) is 0 Å². The molecule has 0 saturated carbocycles. The predicted octanol–water partition coefficient (Wildman–Crippen LogP) is 1.29. The van der Waals surface area contributed by atoms with Crippen LogP contribution in [-0.2, 0) is 17.6 Å². The fourth-order valence-electron chi connectivity index (χ4n) is 3.74. The summed E-state index contributed by atoms with van der Waals surface area (Å²) in [4.78, 5) is 0. The second-order valence-corrected chi connectivity index (χ2v) is 7.05. The monoisotopic (exact) mass is 316 g/mol. The van der Waals surface area contributed by atoms with Gasteiger partial charge < -0.3 is 20.3 Å². The minimum atomic E-state index is 0.768. The van der Waals surface area contributed by atoms with Crippen molar-refractivity contribution in [1.82, 2.24) is 9.61 Å². The number of ether oxygens (including phenoxy) is 1. The van der Waals surface area contributed by atoms with Gasteiger partial charge in [-0.25, -0.2) is 4.52 Å². The standard InChI is InChI=1S/C17H26N5O/c1-22(9-11-23-12-10-22)8-7-19-17-16(18)15-6-5-13-3-2-4-14(13)21(15)20-17/h5-6H,2-4,7-12,18H2,1H3,(H,19,20)/q+1. The Morgan fingerprint density at radius 1 is 1.30 bits per heavy atom. The van der Waals surface area contributed by atoms with E-state index in [1.807, 2.05) is 4.52 Å². The number of quaternary nitrogens is 1. The van der Waals surface area contributed by atoms with E-state index in [1.54, 1.807) is 0 Å². The van der Waals surface area contributed by atoms with Gasteiger partial charge in [0.25, 0.3) is 0 Å². The largest absolute Gasteiger partial charge is 0.394 e. The van der Waals surface area contributed by atoms with Crippen LogP contribution in [-0.4, -0.2) is 60.5 Å². The van der Waals surface area contributed by atoms with Gasteiger partial charge in [-0.15, -0.1) is 5.10 Å². The van der Waals surface area contributed by atoms with E-state index in [1.165, 1.54) is 17.7 Å². The van der Waals surface area contributed by atoms with Gasteiger partial charge in [-0.1, -0.05) is 6.07 Å². The molecule has 0 spiro atoms. The van der Waals surface area contributed by atoms with Gasteiger partial charge in [0.15, 0.2) is 5.82 Å². The summed E-state index contributed by atoms with van der Waals surface area (Å²) in [5.74, 6) is 0.824. The maximum Gasteiger partial charge on any atom is 0.172 e. The zero-order valence-electron chi connectivity index (χ0n) is 13.8. The maximum atomic E-state index is 6.31. The molecule has 1 aliphatic heterocycles. The fourth-order valence-corrected chi connectivity index (χ4v) is 3.74. The number of fused-ring (bicyclic) bond motifs is 3. The lowest BCUT2D eigenvalue weighted by Gasteiger charge is -2.37. The summed E-state index contributed by atoms with van der Waals surface area (Å²) in [5, 5.41) is 8.19. The average Bonchev–Trinajstić information content (AvgIpc) is 3.13. The number of aryl methyl sites for hydroxylation is 2. The normalized spacial score (nSPS) is 19.9. The lowest BCUT2D eigenvalue weighted by molar-refractivity contribution is -0.915. The average molecular weight is 316 g/mol. The van der Waals surface area contributed by atoms with Gasteiger partial charge in [0.2, 0.25) is 0 Å². The molecule has 1 saturated heterocycles. The maximum absolute atomic E-state index is 6.31. The zero-order valence-corrected chi connectivity index (χ0v) is 13.8. The summed E-state index contributed by atoms with van der Waals surface area (Å²) >= 11 is 0. The third-order valence-electron chi connectivity index (χ3n) is 5.38. The van der Waals surface area contributed by atoms with E-state index in [4.69, 9.17) is 15.6 Å². The third-order valence-corrected chi connectivity index (χ3v) is 5.38. The highest BCUT2D eigenvalue weighted by Crippen LogP contribution is 2.29. The van der Waals surface area contributed by atoms with Crippen LogP contribution in [0.2, 0.25) is 0 Å². The molecule has 1 fully saturated rings. The molecule has 0 atom stereocenters. The molecule has 1 aliphatic carbocycles. The smallest absolute Gasteiger partial charge is 0.172 e. The molecule has 6 heteroatoms. The molecule has 2 aromatic rings. The second-order valence-electron chi connectivity index (χ2n) is 7.05. The number of nitrogens with zero attached hydrogens (tertiary/aromatic N) is 3. The van der Waals surface area contributed by atoms with Gasteiger partial charge >= 0.3 is 0 Å². The van der Waals surface area contributed by atoms with Crippen molar-refractivity contribution in [2.24, 2.45) is 0 Å². The molecule has 0 bridgehead atoms. The van der Waals surface area contributed by atoms with E-state index in [2.05, 4.69) is 24.5 Å². The number of nitrogens with one attached hydrogen (secondary N) is 1. The minimum Gasteiger partial charge on any atom is -0.394 e. The van der Waals surface area contributed by atoms with E-state index >= 15 is 0 Å². The molecule has 3 heterocycles. The number of nitrogen functional groups attached to an aromatic ring is 1. The van der Waals surface area contributed by atoms with Crippen LogP contribution in [0.3, 0.4) is 0 Å². The number of nitrogens with two attached hydrogens (primary N) is 1.